The lowest BCUT2D eigenvalue weighted by Gasteiger charge is -2.19. The highest BCUT2D eigenvalue weighted by molar-refractivity contribution is 14.1. The summed E-state index contributed by atoms with van der Waals surface area (Å²) in [6.07, 6.45) is -5.98. The van der Waals surface area contributed by atoms with Gasteiger partial charge < -0.3 is 9.84 Å². The first-order valence-electron chi connectivity index (χ1n) is 6.07. The summed E-state index contributed by atoms with van der Waals surface area (Å²) in [6, 6.07) is 10.9. The third kappa shape index (κ3) is 3.88. The average Bonchev–Trinajstić information content (AvgIpc) is 2.40. The van der Waals surface area contributed by atoms with Crippen LogP contribution in [0.25, 0.3) is 0 Å². The largest absolute Gasteiger partial charge is 0.573 e. The quantitative estimate of drug-likeness (QED) is 0.754. The monoisotopic (exact) mass is 408 g/mol. The molecule has 1 atom stereocenters. The molecule has 0 bridgehead atoms. The summed E-state index contributed by atoms with van der Waals surface area (Å²) in [5, 5.41) is 10.4. The fraction of sp³-hybridized carbons (Fsp3) is 0.200. The van der Waals surface area contributed by atoms with Crippen LogP contribution in [0.5, 0.6) is 5.75 Å². The lowest BCUT2D eigenvalue weighted by atomic mass is 9.99. The number of alkyl halides is 3. The molecule has 0 fully saturated rings. The standard InChI is InChI=1S/C15H12F3IO2/c1-9-5-4-7-11(13(9)19)14(20)10-6-2-3-8-12(10)21-15(16,17)18/h2-8,14,20H,1H3. The molecule has 1 N–H and O–H groups in total. The first kappa shape index (κ1) is 16.1. The van der Waals surface area contributed by atoms with Gasteiger partial charge >= 0.3 is 6.36 Å². The molecule has 2 rings (SSSR count). The Morgan fingerprint density at radius 3 is 2.33 bits per heavy atom. The number of aryl methyl sites for hydroxylation is 1. The van der Waals surface area contributed by atoms with Gasteiger partial charge in [-0.15, -0.1) is 13.2 Å². The number of para-hydroxylation sites is 1. The summed E-state index contributed by atoms with van der Waals surface area (Å²) < 4.78 is 42.1. The molecule has 21 heavy (non-hydrogen) atoms. The van der Waals surface area contributed by atoms with E-state index in [0.717, 1.165) is 9.13 Å². The highest BCUT2D eigenvalue weighted by atomic mass is 127. The first-order chi connectivity index (χ1) is 9.79. The van der Waals surface area contributed by atoms with Crippen LogP contribution in [0, 0.1) is 10.5 Å². The van der Waals surface area contributed by atoms with E-state index in [1.54, 1.807) is 18.2 Å². The Morgan fingerprint density at radius 1 is 1.05 bits per heavy atom. The van der Waals surface area contributed by atoms with Crippen molar-refractivity contribution < 1.29 is 23.0 Å². The normalized spacial score (nSPS) is 13.0. The van der Waals surface area contributed by atoms with Crippen LogP contribution in [0.2, 0.25) is 0 Å². The van der Waals surface area contributed by atoms with Crippen molar-refractivity contribution in [3.63, 3.8) is 0 Å². The van der Waals surface area contributed by atoms with Gasteiger partial charge in [0, 0.05) is 9.13 Å². The van der Waals surface area contributed by atoms with Gasteiger partial charge in [0.15, 0.2) is 0 Å². The van der Waals surface area contributed by atoms with Crippen LogP contribution in [0.1, 0.15) is 22.8 Å². The number of hydrogen-bond acceptors (Lipinski definition) is 2. The number of aliphatic hydroxyl groups excluding tert-OH is 1. The Bertz CT molecular complexity index is 641. The van der Waals surface area contributed by atoms with E-state index in [1.807, 2.05) is 13.0 Å². The van der Waals surface area contributed by atoms with Crippen LogP contribution >= 0.6 is 22.6 Å². The summed E-state index contributed by atoms with van der Waals surface area (Å²) in [6.45, 7) is 1.87. The van der Waals surface area contributed by atoms with E-state index in [0.29, 0.717) is 5.56 Å². The van der Waals surface area contributed by atoms with Gasteiger partial charge in [0.1, 0.15) is 11.9 Å². The van der Waals surface area contributed by atoms with Crippen molar-refractivity contribution in [1.29, 1.82) is 0 Å². The lowest BCUT2D eigenvalue weighted by molar-refractivity contribution is -0.275. The van der Waals surface area contributed by atoms with Crippen molar-refractivity contribution in [2.75, 3.05) is 0 Å². The number of aliphatic hydroxyl groups is 1. The number of rotatable bonds is 3. The Labute approximate surface area is 133 Å². The predicted octanol–water partition coefficient (Wildman–Crippen LogP) is 4.58. The average molecular weight is 408 g/mol. The topological polar surface area (TPSA) is 29.5 Å². The van der Waals surface area contributed by atoms with Gasteiger partial charge in [0.05, 0.1) is 0 Å². The van der Waals surface area contributed by atoms with E-state index >= 15 is 0 Å². The molecule has 0 aliphatic heterocycles. The number of halogens is 4. The van der Waals surface area contributed by atoms with Crippen LogP contribution in [-0.2, 0) is 0 Å². The zero-order chi connectivity index (χ0) is 15.6. The molecule has 0 saturated heterocycles. The maximum absolute atomic E-state index is 12.4. The molecule has 1 unspecified atom stereocenters. The van der Waals surface area contributed by atoms with Gasteiger partial charge in [-0.05, 0) is 46.7 Å². The Kier molecular flexibility index (Phi) is 4.77. The van der Waals surface area contributed by atoms with Crippen LogP contribution in [-0.4, -0.2) is 11.5 Å². The minimum Gasteiger partial charge on any atom is -0.405 e. The molecule has 0 radical (unpaired) electrons. The van der Waals surface area contributed by atoms with Gasteiger partial charge in [0.25, 0.3) is 0 Å². The smallest absolute Gasteiger partial charge is 0.405 e. The van der Waals surface area contributed by atoms with E-state index in [9.17, 15) is 18.3 Å². The Balaban J connectivity index is 2.44. The molecule has 0 aromatic heterocycles. The van der Waals surface area contributed by atoms with E-state index in [4.69, 9.17) is 0 Å². The molecule has 0 amide bonds. The van der Waals surface area contributed by atoms with Crippen molar-refractivity contribution in [3.8, 4) is 5.75 Å². The molecule has 2 aromatic carbocycles. The molecule has 2 nitrogen and oxygen atoms in total. The fourth-order valence-corrected chi connectivity index (χ4v) is 2.63. The van der Waals surface area contributed by atoms with Crippen LogP contribution in [0.15, 0.2) is 42.5 Å². The van der Waals surface area contributed by atoms with Gasteiger partial charge in [0.2, 0.25) is 0 Å². The minimum absolute atomic E-state index is 0.0818. The predicted molar refractivity (Wildman–Crippen MR) is 81.1 cm³/mol. The van der Waals surface area contributed by atoms with Crippen molar-refractivity contribution in [2.45, 2.75) is 19.4 Å². The summed E-state index contributed by atoms with van der Waals surface area (Å²) >= 11 is 2.06. The molecule has 112 valence electrons. The molecular formula is C15H12F3IO2. The van der Waals surface area contributed by atoms with Crippen molar-refractivity contribution in [3.05, 3.63) is 62.7 Å². The zero-order valence-electron chi connectivity index (χ0n) is 11.0. The second-order valence-electron chi connectivity index (χ2n) is 4.47. The van der Waals surface area contributed by atoms with E-state index in [2.05, 4.69) is 27.3 Å². The van der Waals surface area contributed by atoms with Gasteiger partial charge in [-0.2, -0.15) is 0 Å². The maximum Gasteiger partial charge on any atom is 0.573 e. The molecular weight excluding hydrogens is 396 g/mol. The molecule has 0 aliphatic carbocycles. The lowest BCUT2D eigenvalue weighted by Crippen LogP contribution is -2.19. The van der Waals surface area contributed by atoms with Crippen LogP contribution in [0.3, 0.4) is 0 Å². The van der Waals surface area contributed by atoms with E-state index in [-0.39, 0.29) is 5.56 Å². The highest BCUT2D eigenvalue weighted by Crippen LogP contribution is 2.35. The van der Waals surface area contributed by atoms with Crippen LogP contribution in [0.4, 0.5) is 13.2 Å². The minimum atomic E-state index is -4.80. The second-order valence-corrected chi connectivity index (χ2v) is 5.55. The van der Waals surface area contributed by atoms with Crippen LogP contribution < -0.4 is 4.74 Å². The van der Waals surface area contributed by atoms with Crippen molar-refractivity contribution >= 4 is 22.6 Å². The van der Waals surface area contributed by atoms with E-state index < -0.39 is 18.2 Å². The summed E-state index contributed by atoms with van der Waals surface area (Å²) in [4.78, 5) is 0. The number of benzene rings is 2. The van der Waals surface area contributed by atoms with Crippen molar-refractivity contribution in [1.82, 2.24) is 0 Å². The van der Waals surface area contributed by atoms with Gasteiger partial charge in [-0.1, -0.05) is 36.4 Å². The molecule has 0 spiro atoms. The Hall–Kier alpha value is -1.28. The van der Waals surface area contributed by atoms with Crippen molar-refractivity contribution in [2.24, 2.45) is 0 Å². The summed E-state index contributed by atoms with van der Waals surface area (Å²) in [5.41, 5.74) is 1.58. The molecule has 2 aromatic rings. The SMILES string of the molecule is Cc1cccc(C(O)c2ccccc2OC(F)(F)F)c1I. The fourth-order valence-electron chi connectivity index (χ4n) is 1.97. The first-order valence-corrected chi connectivity index (χ1v) is 7.15. The summed E-state index contributed by atoms with van der Waals surface area (Å²) in [7, 11) is 0. The second kappa shape index (κ2) is 6.23. The highest BCUT2D eigenvalue weighted by Gasteiger charge is 2.33. The molecule has 0 aliphatic rings. The zero-order valence-corrected chi connectivity index (χ0v) is 13.1. The number of ether oxygens (including phenoxy) is 1. The number of hydrogen-bond donors (Lipinski definition) is 1. The van der Waals surface area contributed by atoms with E-state index in [1.165, 1.54) is 18.2 Å². The third-order valence-corrected chi connectivity index (χ3v) is 4.43. The summed E-state index contributed by atoms with van der Waals surface area (Å²) in [5.74, 6) is -0.394. The molecule has 0 saturated carbocycles. The molecule has 6 heteroatoms. The van der Waals surface area contributed by atoms with Gasteiger partial charge in [-0.3, -0.25) is 0 Å². The van der Waals surface area contributed by atoms with Gasteiger partial charge in [-0.25, -0.2) is 0 Å². The molecule has 0 heterocycles. The third-order valence-electron chi connectivity index (χ3n) is 2.96. The maximum atomic E-state index is 12.4. The Morgan fingerprint density at radius 2 is 1.67 bits per heavy atom.